The van der Waals surface area contributed by atoms with E-state index in [0.29, 0.717) is 19.3 Å². The molecule has 0 fully saturated rings. The molecule has 0 aromatic rings. The average Bonchev–Trinajstić information content (AvgIpc) is 3.30. The van der Waals surface area contributed by atoms with E-state index in [1.54, 1.807) is 0 Å². The highest BCUT2D eigenvalue weighted by molar-refractivity contribution is 5.71. The lowest BCUT2D eigenvalue weighted by Crippen LogP contribution is -2.30. The summed E-state index contributed by atoms with van der Waals surface area (Å²) in [5.74, 6) is -1.04. The summed E-state index contributed by atoms with van der Waals surface area (Å²) in [6.45, 7) is 6.39. The van der Waals surface area contributed by atoms with Crippen molar-refractivity contribution in [3.63, 3.8) is 0 Å². The highest BCUT2D eigenvalue weighted by atomic mass is 16.6. The Hall–Kier alpha value is -3.93. The molecular weight excluding hydrogens is 805 g/mol. The molecule has 0 heterocycles. The molecule has 65 heavy (non-hydrogen) atoms. The summed E-state index contributed by atoms with van der Waals surface area (Å²) >= 11 is 0. The number of carbonyl (C=O) groups excluding carboxylic acids is 3. The highest BCUT2D eigenvalue weighted by Crippen LogP contribution is 2.14. The van der Waals surface area contributed by atoms with Crippen molar-refractivity contribution >= 4 is 17.9 Å². The topological polar surface area (TPSA) is 78.9 Å². The van der Waals surface area contributed by atoms with Crippen LogP contribution < -0.4 is 0 Å². The Bertz CT molecular complexity index is 1360. The van der Waals surface area contributed by atoms with Gasteiger partial charge in [-0.05, 0) is 96.3 Å². The van der Waals surface area contributed by atoms with Crippen LogP contribution in [-0.2, 0) is 28.6 Å². The molecule has 0 aromatic carbocycles. The van der Waals surface area contributed by atoms with E-state index >= 15 is 0 Å². The molecule has 0 rings (SSSR count). The summed E-state index contributed by atoms with van der Waals surface area (Å²) in [5.41, 5.74) is 0. The van der Waals surface area contributed by atoms with Crippen LogP contribution in [-0.4, -0.2) is 37.2 Å². The van der Waals surface area contributed by atoms with Gasteiger partial charge in [-0.3, -0.25) is 14.4 Å². The van der Waals surface area contributed by atoms with Gasteiger partial charge >= 0.3 is 17.9 Å². The number of unbranched alkanes of at least 4 members (excludes halogenated alkanes) is 17. The van der Waals surface area contributed by atoms with Crippen molar-refractivity contribution in [3.8, 4) is 0 Å². The van der Waals surface area contributed by atoms with Crippen LogP contribution in [0.25, 0.3) is 0 Å². The van der Waals surface area contributed by atoms with E-state index in [2.05, 4.69) is 130 Å². The first-order valence-electron chi connectivity index (χ1n) is 26.4. The van der Waals surface area contributed by atoms with Crippen molar-refractivity contribution in [1.82, 2.24) is 0 Å². The third-order valence-corrected chi connectivity index (χ3v) is 10.8. The Labute approximate surface area is 400 Å². The van der Waals surface area contributed by atoms with Crippen LogP contribution in [0.4, 0.5) is 0 Å². The predicted octanol–water partition coefficient (Wildman–Crippen LogP) is 17.5. The first-order chi connectivity index (χ1) is 32.0. The summed E-state index contributed by atoms with van der Waals surface area (Å²) in [6, 6.07) is 0. The molecule has 6 nitrogen and oxygen atoms in total. The number of hydrogen-bond acceptors (Lipinski definition) is 6. The fourth-order valence-corrected chi connectivity index (χ4v) is 6.82. The number of carbonyl (C=O) groups is 3. The maximum atomic E-state index is 12.8. The molecule has 0 saturated heterocycles. The van der Waals surface area contributed by atoms with Crippen LogP contribution in [0.5, 0.6) is 0 Å². The molecular formula is C59H96O6. The number of ether oxygens (including phenoxy) is 3. The predicted molar refractivity (Wildman–Crippen MR) is 279 cm³/mol. The van der Waals surface area contributed by atoms with E-state index < -0.39 is 6.10 Å². The van der Waals surface area contributed by atoms with Crippen LogP contribution in [0.1, 0.15) is 226 Å². The van der Waals surface area contributed by atoms with Gasteiger partial charge in [-0.25, -0.2) is 0 Å². The molecule has 368 valence electrons. The number of hydrogen-bond donors (Lipinski definition) is 0. The zero-order valence-electron chi connectivity index (χ0n) is 42.0. The van der Waals surface area contributed by atoms with E-state index in [1.807, 2.05) is 0 Å². The quantitative estimate of drug-likeness (QED) is 0.0262. The van der Waals surface area contributed by atoms with Crippen LogP contribution in [0.15, 0.2) is 109 Å². The largest absolute Gasteiger partial charge is 0.462 e. The fourth-order valence-electron chi connectivity index (χ4n) is 6.82. The van der Waals surface area contributed by atoms with Gasteiger partial charge in [0.25, 0.3) is 0 Å². The standard InChI is InChI=1S/C59H96O6/c1-4-7-10-13-16-19-22-25-27-29-31-34-37-40-43-46-49-52-58(61)64-55-56(54-63-57(60)51-48-45-42-39-36-33-24-21-18-15-12-9-6-3)65-59(62)53-50-47-44-41-38-35-32-30-28-26-23-20-17-14-11-8-5-2/h7,10,16-17,19-20,25-28,31-32,34-35,40-41,43-44,56H,4-6,8-9,11-15,18,21-24,29-30,33,36-39,42,45-55H2,1-3H3/b10-7-,19-16-,20-17-,27-25-,28-26-,34-31-,35-32-,43-40-,44-41-. The molecule has 0 N–H and O–H groups in total. The molecule has 0 aromatic heterocycles. The molecule has 0 aliphatic heterocycles. The minimum absolute atomic E-state index is 0.118. The zero-order valence-corrected chi connectivity index (χ0v) is 42.0. The molecule has 0 aliphatic rings. The molecule has 6 heteroatoms. The normalized spacial score (nSPS) is 13.0. The fraction of sp³-hybridized carbons (Fsp3) is 0.644. The number of allylic oxidation sites excluding steroid dienone is 18. The Morgan fingerprint density at radius 2 is 0.615 bits per heavy atom. The molecule has 0 amide bonds. The third-order valence-electron chi connectivity index (χ3n) is 10.8. The Morgan fingerprint density at radius 3 is 1.00 bits per heavy atom. The van der Waals surface area contributed by atoms with Gasteiger partial charge in [0.1, 0.15) is 13.2 Å². The van der Waals surface area contributed by atoms with Crippen molar-refractivity contribution in [1.29, 1.82) is 0 Å². The summed E-state index contributed by atoms with van der Waals surface area (Å²) in [5, 5.41) is 0. The van der Waals surface area contributed by atoms with Gasteiger partial charge < -0.3 is 14.2 Å². The second-order valence-electron chi connectivity index (χ2n) is 17.1. The first kappa shape index (κ1) is 61.1. The summed E-state index contributed by atoms with van der Waals surface area (Å²) in [4.78, 5) is 38.0. The lowest BCUT2D eigenvalue weighted by molar-refractivity contribution is -0.167. The molecule has 0 bridgehead atoms. The van der Waals surface area contributed by atoms with Crippen molar-refractivity contribution in [2.24, 2.45) is 0 Å². The minimum atomic E-state index is -0.829. The van der Waals surface area contributed by atoms with Gasteiger partial charge in [-0.2, -0.15) is 0 Å². The van der Waals surface area contributed by atoms with Crippen LogP contribution in [0.3, 0.4) is 0 Å². The summed E-state index contributed by atoms with van der Waals surface area (Å²) in [6.07, 6.45) is 70.8. The van der Waals surface area contributed by atoms with E-state index in [-0.39, 0.29) is 44.0 Å². The second-order valence-corrected chi connectivity index (χ2v) is 17.1. The first-order valence-corrected chi connectivity index (χ1v) is 26.4. The molecule has 0 saturated carbocycles. The molecule has 0 spiro atoms. The SMILES string of the molecule is CC/C=C\C/C=C\C/C=C\C/C=C\C/C=C\CCCC(=O)OCC(COC(=O)CCCCCCCCCCCCCCC)OC(=O)CCC/C=C\C/C=C\C/C=C\C/C=C\CCCCC. The van der Waals surface area contributed by atoms with Crippen LogP contribution in [0.2, 0.25) is 0 Å². The second kappa shape index (κ2) is 52.7. The lowest BCUT2D eigenvalue weighted by Gasteiger charge is -2.18. The zero-order chi connectivity index (χ0) is 47.2. The summed E-state index contributed by atoms with van der Waals surface area (Å²) in [7, 11) is 0. The van der Waals surface area contributed by atoms with Crippen molar-refractivity contribution in [2.45, 2.75) is 232 Å². The molecule has 0 radical (unpaired) electrons. The van der Waals surface area contributed by atoms with Crippen LogP contribution in [0, 0.1) is 0 Å². The maximum Gasteiger partial charge on any atom is 0.306 e. The van der Waals surface area contributed by atoms with Gasteiger partial charge in [0.15, 0.2) is 6.10 Å². The third kappa shape index (κ3) is 50.9. The van der Waals surface area contributed by atoms with E-state index in [4.69, 9.17) is 14.2 Å². The van der Waals surface area contributed by atoms with E-state index in [0.717, 1.165) is 83.5 Å². The summed E-state index contributed by atoms with van der Waals surface area (Å²) < 4.78 is 16.7. The van der Waals surface area contributed by atoms with Gasteiger partial charge in [0, 0.05) is 19.3 Å². The van der Waals surface area contributed by atoms with Gasteiger partial charge in [0.2, 0.25) is 0 Å². The van der Waals surface area contributed by atoms with Gasteiger partial charge in [-0.15, -0.1) is 0 Å². The molecule has 0 aliphatic carbocycles. The molecule has 1 unspecified atom stereocenters. The van der Waals surface area contributed by atoms with Crippen molar-refractivity contribution in [2.75, 3.05) is 13.2 Å². The van der Waals surface area contributed by atoms with E-state index in [1.165, 1.54) is 89.9 Å². The Morgan fingerprint density at radius 1 is 0.323 bits per heavy atom. The Balaban J connectivity index is 4.58. The highest BCUT2D eigenvalue weighted by Gasteiger charge is 2.19. The minimum Gasteiger partial charge on any atom is -0.462 e. The van der Waals surface area contributed by atoms with Gasteiger partial charge in [0.05, 0.1) is 0 Å². The number of esters is 3. The average molecular weight is 901 g/mol. The smallest absolute Gasteiger partial charge is 0.306 e. The van der Waals surface area contributed by atoms with Gasteiger partial charge in [-0.1, -0.05) is 220 Å². The van der Waals surface area contributed by atoms with Crippen LogP contribution >= 0.6 is 0 Å². The molecule has 1 atom stereocenters. The maximum absolute atomic E-state index is 12.8. The number of rotatable bonds is 46. The van der Waals surface area contributed by atoms with Crippen molar-refractivity contribution in [3.05, 3.63) is 109 Å². The Kier molecular flexibility index (Phi) is 49.5. The van der Waals surface area contributed by atoms with Crippen molar-refractivity contribution < 1.29 is 28.6 Å². The lowest BCUT2D eigenvalue weighted by atomic mass is 10.0. The van der Waals surface area contributed by atoms with E-state index in [9.17, 15) is 14.4 Å². The monoisotopic (exact) mass is 901 g/mol.